The molecule has 2 saturated heterocycles. The minimum atomic E-state index is -0.590. The molecule has 0 spiro atoms. The van der Waals surface area contributed by atoms with Crippen LogP contribution in [0.5, 0.6) is 0 Å². The minimum Gasteiger partial charge on any atom is -0.444 e. The summed E-state index contributed by atoms with van der Waals surface area (Å²) in [5.41, 5.74) is 0.320. The van der Waals surface area contributed by atoms with Crippen LogP contribution in [0.3, 0.4) is 0 Å². The van der Waals surface area contributed by atoms with Crippen molar-refractivity contribution in [3.8, 4) is 0 Å². The van der Waals surface area contributed by atoms with E-state index in [-0.39, 0.29) is 16.7 Å². The molecule has 2 aliphatic rings. The highest BCUT2D eigenvalue weighted by molar-refractivity contribution is 8.01. The lowest BCUT2D eigenvalue weighted by molar-refractivity contribution is -0.137. The van der Waals surface area contributed by atoms with Crippen molar-refractivity contribution in [3.63, 3.8) is 0 Å². The van der Waals surface area contributed by atoms with E-state index in [0.29, 0.717) is 38.2 Å². The first-order chi connectivity index (χ1) is 14.6. The number of pyridine rings is 1. The molecule has 1 N–H and O–H groups in total. The van der Waals surface area contributed by atoms with Gasteiger partial charge >= 0.3 is 6.09 Å². The molecule has 2 aliphatic heterocycles. The molecule has 8 nitrogen and oxygen atoms in total. The van der Waals surface area contributed by atoms with Crippen LogP contribution in [0, 0.1) is 0 Å². The Morgan fingerprint density at radius 1 is 1.42 bits per heavy atom. The van der Waals surface area contributed by atoms with Crippen LogP contribution in [0.4, 0.5) is 4.79 Å². The fourth-order valence-electron chi connectivity index (χ4n) is 3.89. The zero-order valence-electron chi connectivity index (χ0n) is 18.7. The number of nitrogens with one attached hydrogen (secondary N) is 1. The van der Waals surface area contributed by atoms with Crippen LogP contribution in [-0.2, 0) is 20.9 Å². The molecule has 31 heavy (non-hydrogen) atoms. The summed E-state index contributed by atoms with van der Waals surface area (Å²) < 4.78 is 5.53. The zero-order chi connectivity index (χ0) is 22.6. The Labute approximate surface area is 188 Å². The Hall–Kier alpha value is -2.29. The predicted octanol–water partition coefficient (Wildman–Crippen LogP) is 2.78. The quantitative estimate of drug-likeness (QED) is 0.645. The molecule has 2 unspecified atom stereocenters. The van der Waals surface area contributed by atoms with Crippen molar-refractivity contribution < 1.29 is 19.1 Å². The lowest BCUT2D eigenvalue weighted by atomic mass is 10.2. The van der Waals surface area contributed by atoms with Crippen LogP contribution in [-0.4, -0.2) is 68.0 Å². The number of fused-ring (bicyclic) bond motifs is 1. The Balaban J connectivity index is 1.52. The smallest absolute Gasteiger partial charge is 0.410 e. The molecule has 170 valence electrons. The first-order valence-electron chi connectivity index (χ1n) is 10.7. The highest BCUT2D eigenvalue weighted by Gasteiger charge is 2.52. The molecule has 3 amide bonds. The van der Waals surface area contributed by atoms with Gasteiger partial charge in [0, 0.05) is 37.7 Å². The number of ether oxygens (including phenoxy) is 1. The Morgan fingerprint density at radius 3 is 2.87 bits per heavy atom. The lowest BCUT2D eigenvalue weighted by Crippen LogP contribution is -2.50. The molecule has 2 atom stereocenters. The van der Waals surface area contributed by atoms with Crippen molar-refractivity contribution >= 4 is 29.7 Å². The largest absolute Gasteiger partial charge is 0.444 e. The maximum atomic E-state index is 12.7. The topological polar surface area (TPSA) is 91.8 Å². The van der Waals surface area contributed by atoms with Crippen LogP contribution >= 0.6 is 11.8 Å². The van der Waals surface area contributed by atoms with E-state index >= 15 is 0 Å². The second-order valence-electron chi connectivity index (χ2n) is 9.17. The molecule has 0 bridgehead atoms. The highest BCUT2D eigenvalue weighted by Crippen LogP contribution is 2.47. The van der Waals surface area contributed by atoms with Crippen molar-refractivity contribution in [1.82, 2.24) is 20.1 Å². The standard InChI is InChI=1S/C22H32N4O4S/c1-21(2,3)30-20(29)25(14-16-7-5-10-23-13-16)12-6-11-24-19(28)17-15-31-22(4)9-8-18(27)26(17)22/h5,7,10,13,17H,6,8-9,11-12,14-15H2,1-4H3,(H,24,28). The van der Waals surface area contributed by atoms with Crippen molar-refractivity contribution in [2.45, 2.75) is 70.0 Å². The van der Waals surface area contributed by atoms with E-state index in [9.17, 15) is 14.4 Å². The fraction of sp³-hybridized carbons (Fsp3) is 0.636. The third-order valence-corrected chi connectivity index (χ3v) is 6.90. The number of amides is 3. The molecule has 1 aromatic rings. The van der Waals surface area contributed by atoms with E-state index in [1.807, 2.05) is 39.8 Å². The molecule has 3 heterocycles. The van der Waals surface area contributed by atoms with Gasteiger partial charge in [0.05, 0.1) is 11.4 Å². The SMILES string of the molecule is CC(C)(C)OC(=O)N(CCCNC(=O)C1CSC2(C)CCC(=O)N12)Cc1cccnc1. The Kier molecular flexibility index (Phi) is 7.13. The summed E-state index contributed by atoms with van der Waals surface area (Å²) in [6.45, 7) is 8.78. The van der Waals surface area contributed by atoms with Gasteiger partial charge in [-0.3, -0.25) is 14.6 Å². The minimum absolute atomic E-state index is 0.0558. The first kappa shape index (κ1) is 23.4. The van der Waals surface area contributed by atoms with E-state index < -0.39 is 17.7 Å². The summed E-state index contributed by atoms with van der Waals surface area (Å²) in [5.74, 6) is 0.557. The van der Waals surface area contributed by atoms with Crippen molar-refractivity contribution in [2.75, 3.05) is 18.8 Å². The molecule has 1 aromatic heterocycles. The van der Waals surface area contributed by atoms with E-state index in [1.54, 1.807) is 34.0 Å². The van der Waals surface area contributed by atoms with Gasteiger partial charge in [-0.1, -0.05) is 6.07 Å². The third kappa shape index (κ3) is 5.90. The van der Waals surface area contributed by atoms with Gasteiger partial charge in [-0.15, -0.1) is 11.8 Å². The number of carbonyl (C=O) groups excluding carboxylic acids is 3. The zero-order valence-corrected chi connectivity index (χ0v) is 19.5. The number of nitrogens with zero attached hydrogens (tertiary/aromatic N) is 3. The second kappa shape index (κ2) is 9.46. The molecular formula is C22H32N4O4S. The number of aromatic nitrogens is 1. The van der Waals surface area contributed by atoms with Crippen LogP contribution in [0.1, 0.15) is 52.5 Å². The summed E-state index contributed by atoms with van der Waals surface area (Å²) in [7, 11) is 0. The lowest BCUT2D eigenvalue weighted by Gasteiger charge is -2.30. The van der Waals surface area contributed by atoms with Gasteiger partial charge in [0.1, 0.15) is 11.6 Å². The van der Waals surface area contributed by atoms with E-state index in [4.69, 9.17) is 4.74 Å². The predicted molar refractivity (Wildman–Crippen MR) is 119 cm³/mol. The summed E-state index contributed by atoms with van der Waals surface area (Å²) in [6.07, 6.45) is 4.89. The Morgan fingerprint density at radius 2 is 2.19 bits per heavy atom. The third-order valence-electron chi connectivity index (χ3n) is 5.40. The van der Waals surface area contributed by atoms with Crippen LogP contribution in [0.2, 0.25) is 0 Å². The summed E-state index contributed by atoms with van der Waals surface area (Å²) >= 11 is 1.68. The second-order valence-corrected chi connectivity index (χ2v) is 10.7. The van der Waals surface area contributed by atoms with Crippen LogP contribution in [0.25, 0.3) is 0 Å². The first-order valence-corrected chi connectivity index (χ1v) is 11.7. The average Bonchev–Trinajstić information content (AvgIpc) is 3.19. The van der Waals surface area contributed by atoms with E-state index in [1.165, 1.54) is 0 Å². The van der Waals surface area contributed by atoms with Gasteiger partial charge in [0.15, 0.2) is 0 Å². The van der Waals surface area contributed by atoms with E-state index in [0.717, 1.165) is 12.0 Å². The Bertz CT molecular complexity index is 813. The van der Waals surface area contributed by atoms with E-state index in [2.05, 4.69) is 10.3 Å². The maximum absolute atomic E-state index is 12.7. The van der Waals surface area contributed by atoms with Crippen molar-refractivity contribution in [3.05, 3.63) is 30.1 Å². The summed E-state index contributed by atoms with van der Waals surface area (Å²) in [5, 5.41) is 2.94. The molecule has 0 aliphatic carbocycles. The van der Waals surface area contributed by atoms with Gasteiger partial charge < -0.3 is 19.9 Å². The molecule has 3 rings (SSSR count). The van der Waals surface area contributed by atoms with Gasteiger partial charge in [0.25, 0.3) is 0 Å². The highest BCUT2D eigenvalue weighted by atomic mass is 32.2. The maximum Gasteiger partial charge on any atom is 0.410 e. The number of hydrogen-bond donors (Lipinski definition) is 1. The van der Waals surface area contributed by atoms with Gasteiger partial charge in [-0.05, 0) is 52.2 Å². The molecule has 0 radical (unpaired) electrons. The van der Waals surface area contributed by atoms with Crippen LogP contribution in [0.15, 0.2) is 24.5 Å². The average molecular weight is 449 g/mol. The number of carbonyl (C=O) groups is 3. The molecule has 0 aromatic carbocycles. The van der Waals surface area contributed by atoms with Gasteiger partial charge in [-0.2, -0.15) is 0 Å². The van der Waals surface area contributed by atoms with Gasteiger partial charge in [-0.25, -0.2) is 4.79 Å². The van der Waals surface area contributed by atoms with Gasteiger partial charge in [0.2, 0.25) is 11.8 Å². The van der Waals surface area contributed by atoms with Crippen molar-refractivity contribution in [2.24, 2.45) is 0 Å². The number of hydrogen-bond acceptors (Lipinski definition) is 6. The molecular weight excluding hydrogens is 416 g/mol. The summed E-state index contributed by atoms with van der Waals surface area (Å²) in [6, 6.07) is 3.33. The van der Waals surface area contributed by atoms with Crippen LogP contribution < -0.4 is 5.32 Å². The number of thioether (sulfide) groups is 1. The fourth-order valence-corrected chi connectivity index (χ4v) is 5.32. The molecule has 0 saturated carbocycles. The monoisotopic (exact) mass is 448 g/mol. The van der Waals surface area contributed by atoms with Crippen molar-refractivity contribution in [1.29, 1.82) is 0 Å². The molecule has 9 heteroatoms. The molecule has 2 fully saturated rings. The number of rotatable bonds is 7. The summed E-state index contributed by atoms with van der Waals surface area (Å²) in [4.78, 5) is 44.8. The normalized spacial score (nSPS) is 22.9.